The van der Waals surface area contributed by atoms with Crippen molar-refractivity contribution in [2.24, 2.45) is 0 Å². The zero-order valence-electron chi connectivity index (χ0n) is 13.6. The molecule has 0 fully saturated rings. The summed E-state index contributed by atoms with van der Waals surface area (Å²) in [5, 5.41) is 10.4. The van der Waals surface area contributed by atoms with Crippen molar-refractivity contribution < 1.29 is 9.47 Å². The quantitative estimate of drug-likeness (QED) is 0.384. The van der Waals surface area contributed by atoms with Gasteiger partial charge in [0.15, 0.2) is 11.5 Å². The van der Waals surface area contributed by atoms with Crippen LogP contribution >= 0.6 is 23.2 Å². The van der Waals surface area contributed by atoms with Gasteiger partial charge in [-0.15, -0.1) is 6.42 Å². The van der Waals surface area contributed by atoms with Crippen LogP contribution in [-0.2, 0) is 0 Å². The number of hydrogen-bond donors (Lipinski definition) is 0. The molecular formula is C20H15Cl2NO2. The lowest BCUT2D eigenvalue weighted by Crippen LogP contribution is -2.00. The van der Waals surface area contributed by atoms with E-state index in [-0.39, 0.29) is 6.61 Å². The zero-order valence-corrected chi connectivity index (χ0v) is 15.1. The molecule has 0 N–H and O–H groups in total. The van der Waals surface area contributed by atoms with E-state index in [1.165, 1.54) is 0 Å². The van der Waals surface area contributed by atoms with Gasteiger partial charge in [0, 0.05) is 5.02 Å². The van der Waals surface area contributed by atoms with Gasteiger partial charge in [-0.25, -0.2) is 0 Å². The predicted octanol–water partition coefficient (Wildman–Crippen LogP) is 5.47. The first-order valence-corrected chi connectivity index (χ1v) is 8.25. The highest BCUT2D eigenvalue weighted by Crippen LogP contribution is 2.37. The number of ether oxygens (including phenoxy) is 2. The van der Waals surface area contributed by atoms with Crippen LogP contribution in [0, 0.1) is 23.7 Å². The third-order valence-corrected chi connectivity index (χ3v) is 3.71. The van der Waals surface area contributed by atoms with Crippen LogP contribution in [0.2, 0.25) is 10.0 Å². The Morgan fingerprint density at radius 2 is 2.04 bits per heavy atom. The van der Waals surface area contributed by atoms with Crippen LogP contribution in [0.3, 0.4) is 0 Å². The van der Waals surface area contributed by atoms with Gasteiger partial charge in [-0.3, -0.25) is 0 Å². The molecule has 0 atom stereocenters. The number of nitrogens with zero attached hydrogens (tertiary/aromatic N) is 1. The number of allylic oxidation sites excluding steroid dienone is 1. The first-order valence-electron chi connectivity index (χ1n) is 7.49. The Bertz CT molecular complexity index is 876. The fraction of sp³-hybridized carbons (Fsp3) is 0.150. The summed E-state index contributed by atoms with van der Waals surface area (Å²) in [5.74, 6) is 3.25. The van der Waals surface area contributed by atoms with Crippen molar-refractivity contribution in [1.82, 2.24) is 0 Å². The highest BCUT2D eigenvalue weighted by atomic mass is 35.5. The monoisotopic (exact) mass is 371 g/mol. The highest BCUT2D eigenvalue weighted by molar-refractivity contribution is 6.32. The number of halogens is 2. The zero-order chi connectivity index (χ0) is 18.2. The molecule has 2 aromatic carbocycles. The van der Waals surface area contributed by atoms with Crippen molar-refractivity contribution in [2.75, 3.05) is 13.2 Å². The Morgan fingerprint density at radius 3 is 2.68 bits per heavy atom. The van der Waals surface area contributed by atoms with Crippen LogP contribution in [0.4, 0.5) is 0 Å². The molecule has 0 amide bonds. The summed E-state index contributed by atoms with van der Waals surface area (Å²) in [6.45, 7) is 2.38. The van der Waals surface area contributed by atoms with Gasteiger partial charge >= 0.3 is 0 Å². The molecule has 0 spiro atoms. The molecule has 5 heteroatoms. The Kier molecular flexibility index (Phi) is 6.78. The molecule has 0 saturated heterocycles. The number of rotatable bonds is 6. The number of hydrogen-bond acceptors (Lipinski definition) is 3. The van der Waals surface area contributed by atoms with Crippen LogP contribution < -0.4 is 9.47 Å². The minimum atomic E-state index is 0.0843. The summed E-state index contributed by atoms with van der Waals surface area (Å²) in [6, 6.07) is 12.7. The molecule has 0 heterocycles. The van der Waals surface area contributed by atoms with E-state index in [2.05, 4.69) is 12.0 Å². The van der Waals surface area contributed by atoms with Gasteiger partial charge in [0.05, 0.1) is 23.3 Å². The summed E-state index contributed by atoms with van der Waals surface area (Å²) in [4.78, 5) is 0. The molecular weight excluding hydrogens is 357 g/mol. The van der Waals surface area contributed by atoms with Crippen LogP contribution in [0.15, 0.2) is 36.4 Å². The van der Waals surface area contributed by atoms with Gasteiger partial charge in [-0.1, -0.05) is 41.3 Å². The molecule has 0 unspecified atom stereocenters. The molecule has 0 radical (unpaired) electrons. The van der Waals surface area contributed by atoms with Gasteiger partial charge in [0.1, 0.15) is 6.61 Å². The van der Waals surface area contributed by atoms with E-state index in [9.17, 15) is 5.26 Å². The van der Waals surface area contributed by atoms with Crippen molar-refractivity contribution in [3.63, 3.8) is 0 Å². The number of terminal acetylenes is 1. The van der Waals surface area contributed by atoms with E-state index in [0.717, 1.165) is 5.56 Å². The summed E-state index contributed by atoms with van der Waals surface area (Å²) in [5.41, 5.74) is 1.88. The number of benzene rings is 2. The molecule has 0 aliphatic rings. The smallest absolute Gasteiger partial charge is 0.181 e. The van der Waals surface area contributed by atoms with E-state index in [0.29, 0.717) is 39.3 Å². The van der Waals surface area contributed by atoms with Crippen molar-refractivity contribution in [3.05, 3.63) is 57.6 Å². The first-order chi connectivity index (χ1) is 12.1. The lowest BCUT2D eigenvalue weighted by molar-refractivity contribution is 0.299. The van der Waals surface area contributed by atoms with E-state index in [1.807, 2.05) is 13.0 Å². The second-order valence-corrected chi connectivity index (χ2v) is 5.78. The van der Waals surface area contributed by atoms with Crippen LogP contribution in [-0.4, -0.2) is 13.2 Å². The fourth-order valence-electron chi connectivity index (χ4n) is 2.19. The normalized spacial score (nSPS) is 10.7. The second-order valence-electron chi connectivity index (χ2n) is 4.94. The highest BCUT2D eigenvalue weighted by Gasteiger charge is 2.12. The number of nitriles is 1. The van der Waals surface area contributed by atoms with Gasteiger partial charge in [0.25, 0.3) is 0 Å². The van der Waals surface area contributed by atoms with E-state index in [1.54, 1.807) is 36.4 Å². The van der Waals surface area contributed by atoms with Crippen LogP contribution in [0.5, 0.6) is 11.5 Å². The minimum absolute atomic E-state index is 0.0843. The molecule has 0 saturated carbocycles. The summed E-state index contributed by atoms with van der Waals surface area (Å²) < 4.78 is 11.0. The Morgan fingerprint density at radius 1 is 1.24 bits per heavy atom. The summed E-state index contributed by atoms with van der Waals surface area (Å²) in [7, 11) is 0. The third-order valence-electron chi connectivity index (χ3n) is 3.20. The van der Waals surface area contributed by atoms with Crippen molar-refractivity contribution >= 4 is 34.9 Å². The lowest BCUT2D eigenvalue weighted by Gasteiger charge is -2.13. The third kappa shape index (κ3) is 4.94. The SMILES string of the molecule is C#CCOc1c(Cl)cc(/C=C(/C#N)c2cccc(Cl)c2)cc1OCC. The minimum Gasteiger partial charge on any atom is -0.490 e. The maximum Gasteiger partial charge on any atom is 0.181 e. The first kappa shape index (κ1) is 18.7. The molecule has 2 aromatic rings. The van der Waals surface area contributed by atoms with Crippen LogP contribution in [0.1, 0.15) is 18.1 Å². The largest absolute Gasteiger partial charge is 0.490 e. The molecule has 25 heavy (non-hydrogen) atoms. The Labute approximate surface area is 157 Å². The van der Waals surface area contributed by atoms with E-state index >= 15 is 0 Å². The molecule has 0 bridgehead atoms. The van der Waals surface area contributed by atoms with Gasteiger partial charge in [-0.05, 0) is 48.4 Å². The molecule has 0 aromatic heterocycles. The van der Waals surface area contributed by atoms with Crippen molar-refractivity contribution in [2.45, 2.75) is 6.92 Å². The van der Waals surface area contributed by atoms with Crippen molar-refractivity contribution in [3.8, 4) is 29.9 Å². The molecule has 2 rings (SSSR count). The van der Waals surface area contributed by atoms with Gasteiger partial charge in [0.2, 0.25) is 0 Å². The topological polar surface area (TPSA) is 42.2 Å². The average molecular weight is 372 g/mol. The Hall–Kier alpha value is -2.59. The van der Waals surface area contributed by atoms with E-state index < -0.39 is 0 Å². The lowest BCUT2D eigenvalue weighted by atomic mass is 10.0. The summed E-state index contributed by atoms with van der Waals surface area (Å²) in [6.07, 6.45) is 6.94. The molecule has 0 aliphatic heterocycles. The van der Waals surface area contributed by atoms with E-state index in [4.69, 9.17) is 39.1 Å². The maximum atomic E-state index is 9.47. The van der Waals surface area contributed by atoms with Crippen molar-refractivity contribution in [1.29, 1.82) is 5.26 Å². The van der Waals surface area contributed by atoms with Gasteiger partial charge in [-0.2, -0.15) is 5.26 Å². The molecule has 126 valence electrons. The maximum absolute atomic E-state index is 9.47. The predicted molar refractivity (Wildman–Crippen MR) is 102 cm³/mol. The Balaban J connectivity index is 2.48. The standard InChI is InChI=1S/C20H15Cl2NO2/c1-3-8-25-20-18(22)10-14(11-19(20)24-4-2)9-16(13-23)15-6-5-7-17(21)12-15/h1,5-7,9-12H,4,8H2,2H3/b16-9-. The molecule has 3 nitrogen and oxygen atoms in total. The molecule has 0 aliphatic carbocycles. The van der Waals surface area contributed by atoms with Crippen LogP contribution in [0.25, 0.3) is 11.6 Å². The second kappa shape index (κ2) is 9.04. The van der Waals surface area contributed by atoms with Gasteiger partial charge < -0.3 is 9.47 Å². The average Bonchev–Trinajstić information content (AvgIpc) is 2.59. The summed E-state index contributed by atoms with van der Waals surface area (Å²) >= 11 is 12.3. The fourth-order valence-corrected chi connectivity index (χ4v) is 2.65.